The van der Waals surface area contributed by atoms with Gasteiger partial charge in [-0.15, -0.1) is 13.2 Å². The Morgan fingerprint density at radius 3 is 2.23 bits per heavy atom. The first-order chi connectivity index (χ1) is 23.2. The first-order valence-electron chi connectivity index (χ1n) is 17.5. The summed E-state index contributed by atoms with van der Waals surface area (Å²) >= 11 is 0. The highest BCUT2D eigenvalue weighted by Crippen LogP contribution is 2.59. The third-order valence-corrected chi connectivity index (χ3v) is 10.8. The second kappa shape index (κ2) is 15.1. The average molecular weight is 657 g/mol. The van der Waals surface area contributed by atoms with Crippen LogP contribution in [0.4, 0.5) is 11.4 Å². The predicted octanol–water partition coefficient (Wildman–Crippen LogP) is 5.05. The van der Waals surface area contributed by atoms with Crippen LogP contribution in [-0.2, 0) is 25.7 Å². The van der Waals surface area contributed by atoms with Crippen LogP contribution >= 0.6 is 0 Å². The molecule has 258 valence electrons. The molecule has 7 atom stereocenters. The summed E-state index contributed by atoms with van der Waals surface area (Å²) in [5.41, 5.74) is 1.53. The van der Waals surface area contributed by atoms with Crippen molar-refractivity contribution in [1.82, 2.24) is 9.80 Å². The minimum absolute atomic E-state index is 0.0904. The topological polar surface area (TPSA) is 93.6 Å². The molecule has 2 bridgehead atoms. The zero-order valence-corrected chi connectivity index (χ0v) is 29.0. The van der Waals surface area contributed by atoms with Crippen LogP contribution in [0.5, 0.6) is 0 Å². The number of aliphatic hydroxyl groups excluding tert-OH is 1. The molecule has 0 saturated carbocycles. The number of ether oxygens (including phenoxy) is 1. The summed E-state index contributed by atoms with van der Waals surface area (Å²) in [7, 11) is 0. The van der Waals surface area contributed by atoms with Gasteiger partial charge in [0.2, 0.25) is 11.8 Å². The fraction of sp³-hybridized carbons (Fsp3) is 0.513. The number of carbonyl (C=O) groups is 3. The normalized spacial score (nSPS) is 25.4. The summed E-state index contributed by atoms with van der Waals surface area (Å²) in [4.78, 5) is 51.6. The minimum Gasteiger partial charge on any atom is -0.394 e. The van der Waals surface area contributed by atoms with E-state index in [0.717, 1.165) is 24.3 Å². The monoisotopic (exact) mass is 656 g/mol. The highest BCUT2D eigenvalue weighted by molar-refractivity contribution is 6.05. The van der Waals surface area contributed by atoms with E-state index in [0.29, 0.717) is 38.0 Å². The van der Waals surface area contributed by atoms with Crippen LogP contribution in [0.1, 0.15) is 52.5 Å². The molecule has 9 nitrogen and oxygen atoms in total. The number of nitrogens with zero attached hydrogens (tertiary/aromatic N) is 4. The summed E-state index contributed by atoms with van der Waals surface area (Å²) in [6.45, 7) is 18.4. The van der Waals surface area contributed by atoms with Gasteiger partial charge in [-0.25, -0.2) is 0 Å². The van der Waals surface area contributed by atoms with Gasteiger partial charge in [-0.3, -0.25) is 14.4 Å². The maximum atomic E-state index is 15.0. The summed E-state index contributed by atoms with van der Waals surface area (Å²) in [6, 6.07) is 16.0. The minimum atomic E-state index is -1.19. The van der Waals surface area contributed by atoms with Gasteiger partial charge in [-0.1, -0.05) is 62.8 Å². The number of anilines is 2. The Balaban J connectivity index is 1.56. The fourth-order valence-corrected chi connectivity index (χ4v) is 8.26. The second-order valence-electron chi connectivity index (χ2n) is 13.4. The quantitative estimate of drug-likeness (QED) is 0.255. The lowest BCUT2D eigenvalue weighted by Gasteiger charge is -2.41. The zero-order chi connectivity index (χ0) is 34.6. The van der Waals surface area contributed by atoms with Crippen molar-refractivity contribution < 1.29 is 24.2 Å². The number of rotatable bonds is 16. The molecule has 48 heavy (non-hydrogen) atoms. The van der Waals surface area contributed by atoms with Crippen LogP contribution in [0.3, 0.4) is 0 Å². The molecule has 2 aromatic rings. The molecule has 0 radical (unpaired) electrons. The summed E-state index contributed by atoms with van der Waals surface area (Å²) in [5.74, 6) is -2.42. The van der Waals surface area contributed by atoms with Gasteiger partial charge in [-0.05, 0) is 62.4 Å². The van der Waals surface area contributed by atoms with Crippen molar-refractivity contribution in [3.05, 3.63) is 85.5 Å². The van der Waals surface area contributed by atoms with E-state index >= 15 is 4.79 Å². The van der Waals surface area contributed by atoms with Gasteiger partial charge in [0.25, 0.3) is 5.91 Å². The van der Waals surface area contributed by atoms with E-state index in [4.69, 9.17) is 4.74 Å². The Morgan fingerprint density at radius 1 is 1.00 bits per heavy atom. The maximum absolute atomic E-state index is 15.0. The third-order valence-electron chi connectivity index (χ3n) is 10.8. The number of likely N-dealkylation sites (tertiary alicyclic amines) is 1. The van der Waals surface area contributed by atoms with Crippen LogP contribution in [0.25, 0.3) is 0 Å². The number of fused-ring (bicyclic) bond motifs is 1. The molecule has 0 aliphatic carbocycles. The molecule has 3 heterocycles. The van der Waals surface area contributed by atoms with Crippen LogP contribution in [0, 0.1) is 17.8 Å². The van der Waals surface area contributed by atoms with Crippen molar-refractivity contribution in [2.24, 2.45) is 17.8 Å². The number of carbonyl (C=O) groups excluding carboxylic acids is 3. The predicted molar refractivity (Wildman–Crippen MR) is 189 cm³/mol. The molecule has 5 rings (SSSR count). The lowest BCUT2D eigenvalue weighted by atomic mass is 9.70. The fourth-order valence-electron chi connectivity index (χ4n) is 8.26. The lowest BCUT2D eigenvalue weighted by Crippen LogP contribution is -2.60. The third kappa shape index (κ3) is 6.18. The molecular formula is C39H52N4O5. The molecule has 3 saturated heterocycles. The van der Waals surface area contributed by atoms with Crippen LogP contribution < -0.4 is 9.80 Å². The smallest absolute Gasteiger partial charge is 0.253 e. The van der Waals surface area contributed by atoms with Crippen molar-refractivity contribution >= 4 is 29.1 Å². The first-order valence-corrected chi connectivity index (χ1v) is 17.5. The molecule has 3 fully saturated rings. The van der Waals surface area contributed by atoms with Gasteiger partial charge in [-0.2, -0.15) is 0 Å². The average Bonchev–Trinajstić information content (AvgIpc) is 3.75. The van der Waals surface area contributed by atoms with Gasteiger partial charge in [0, 0.05) is 44.1 Å². The molecule has 2 aromatic carbocycles. The molecule has 3 amide bonds. The molecular weight excluding hydrogens is 604 g/mol. The van der Waals surface area contributed by atoms with Gasteiger partial charge < -0.3 is 29.4 Å². The largest absolute Gasteiger partial charge is 0.394 e. The summed E-state index contributed by atoms with van der Waals surface area (Å²) in [5, 5.41) is 10.8. The van der Waals surface area contributed by atoms with E-state index in [2.05, 4.69) is 31.9 Å². The Morgan fingerprint density at radius 2 is 1.65 bits per heavy atom. The Labute approximate surface area is 285 Å². The van der Waals surface area contributed by atoms with Gasteiger partial charge in [0.1, 0.15) is 11.6 Å². The number of hydrogen-bond acceptors (Lipinski definition) is 6. The SMILES string of the molecule is C=CCN(Cc1ccccc1)C(=O)[C@@H]1[C@H]2C(=O)N([C@@H](CO)[C@@H](C)CC)C(C(=O)N(CC=C)c3ccc(N(CC)CC)cc3)C23CC[C@H]1O3. The number of hydrogen-bond donors (Lipinski definition) is 1. The van der Waals surface area contributed by atoms with E-state index in [1.807, 2.05) is 68.4 Å². The molecule has 3 aliphatic heterocycles. The first kappa shape index (κ1) is 35.4. The zero-order valence-electron chi connectivity index (χ0n) is 29.0. The van der Waals surface area contributed by atoms with Crippen molar-refractivity contribution in [1.29, 1.82) is 0 Å². The maximum Gasteiger partial charge on any atom is 0.253 e. The summed E-state index contributed by atoms with van der Waals surface area (Å²) < 4.78 is 6.78. The Kier molecular flexibility index (Phi) is 11.1. The molecule has 2 unspecified atom stereocenters. The number of amides is 3. The summed E-state index contributed by atoms with van der Waals surface area (Å²) in [6.07, 6.45) is 4.64. The number of benzene rings is 2. The van der Waals surface area contributed by atoms with E-state index < -0.39 is 35.6 Å². The van der Waals surface area contributed by atoms with Gasteiger partial charge in [0.15, 0.2) is 0 Å². The van der Waals surface area contributed by atoms with Crippen molar-refractivity contribution in [2.45, 2.75) is 77.3 Å². The van der Waals surface area contributed by atoms with Gasteiger partial charge >= 0.3 is 0 Å². The van der Waals surface area contributed by atoms with Crippen LogP contribution in [0.15, 0.2) is 79.9 Å². The van der Waals surface area contributed by atoms with E-state index in [-0.39, 0.29) is 36.8 Å². The van der Waals surface area contributed by atoms with Crippen LogP contribution in [-0.4, -0.2) is 89.2 Å². The molecule has 3 aliphatic rings. The van der Waals surface area contributed by atoms with E-state index in [1.54, 1.807) is 26.9 Å². The lowest BCUT2D eigenvalue weighted by molar-refractivity contribution is -0.148. The van der Waals surface area contributed by atoms with E-state index in [1.165, 1.54) is 0 Å². The van der Waals surface area contributed by atoms with Crippen molar-refractivity contribution in [3.63, 3.8) is 0 Å². The van der Waals surface area contributed by atoms with Crippen molar-refractivity contribution in [2.75, 3.05) is 42.6 Å². The molecule has 0 aromatic heterocycles. The Hall–Kier alpha value is -3.95. The highest BCUT2D eigenvalue weighted by atomic mass is 16.5. The van der Waals surface area contributed by atoms with Gasteiger partial charge in [0.05, 0.1) is 30.6 Å². The molecule has 9 heteroatoms. The standard InChI is InChI=1S/C39H52N4O5/c1-7-23-41(25-28-15-13-12-14-16-28)36(45)33-32-21-22-39(48-32)34(33)37(46)43(31(26-44)27(6)9-3)35(39)38(47)42(24-8-2)30-19-17-29(18-20-30)40(10-4)11-5/h7-8,12-20,27,31-35,44H,1-2,9-11,21-26H2,3-6H3/t27-,31-,32+,33-,34-,35?,39?/m0/s1. The van der Waals surface area contributed by atoms with Crippen molar-refractivity contribution in [3.8, 4) is 0 Å². The van der Waals surface area contributed by atoms with Crippen LogP contribution in [0.2, 0.25) is 0 Å². The number of aliphatic hydroxyl groups is 1. The molecule has 1 N–H and O–H groups in total. The Bertz CT molecular complexity index is 1460. The second-order valence-corrected chi connectivity index (χ2v) is 13.4. The molecule has 1 spiro atoms. The highest BCUT2D eigenvalue weighted by Gasteiger charge is 2.75. The van der Waals surface area contributed by atoms with E-state index in [9.17, 15) is 14.7 Å².